The molecule has 1 aromatic heterocycles. The van der Waals surface area contributed by atoms with Gasteiger partial charge in [-0.15, -0.1) is 0 Å². The SMILES string of the molecule is C=C/C=C(/COCc1ccccc1-c1cnc[nH]1)C(=C)Cl. The number of nitrogens with one attached hydrogen (secondary N) is 1. The largest absolute Gasteiger partial charge is 0.372 e. The molecule has 0 saturated heterocycles. The molecule has 0 spiro atoms. The minimum absolute atomic E-state index is 0.395. The Balaban J connectivity index is 2.06. The highest BCUT2D eigenvalue weighted by Gasteiger charge is 2.06. The highest BCUT2D eigenvalue weighted by atomic mass is 35.5. The number of nitrogens with zero attached hydrogens (tertiary/aromatic N) is 1. The molecule has 108 valence electrons. The molecule has 0 atom stereocenters. The van der Waals surface area contributed by atoms with Crippen LogP contribution in [0.5, 0.6) is 0 Å². The second-order valence-electron chi connectivity index (χ2n) is 4.45. The first-order chi connectivity index (χ1) is 10.2. The van der Waals surface area contributed by atoms with E-state index in [1.165, 1.54) is 0 Å². The number of imidazole rings is 1. The Bertz CT molecular complexity index is 645. The summed E-state index contributed by atoms with van der Waals surface area (Å²) < 4.78 is 5.74. The zero-order chi connectivity index (χ0) is 15.1. The first-order valence-electron chi connectivity index (χ1n) is 6.53. The van der Waals surface area contributed by atoms with Crippen LogP contribution in [0.25, 0.3) is 11.3 Å². The number of halogens is 1. The van der Waals surface area contributed by atoms with E-state index < -0.39 is 0 Å². The van der Waals surface area contributed by atoms with E-state index >= 15 is 0 Å². The van der Waals surface area contributed by atoms with Gasteiger partial charge in [0.05, 0.1) is 31.4 Å². The zero-order valence-corrected chi connectivity index (χ0v) is 12.4. The minimum atomic E-state index is 0.395. The van der Waals surface area contributed by atoms with Crippen LogP contribution in [-0.4, -0.2) is 16.6 Å². The number of hydrogen-bond donors (Lipinski definition) is 1. The summed E-state index contributed by atoms with van der Waals surface area (Å²) in [4.78, 5) is 7.16. The second kappa shape index (κ2) is 7.62. The summed E-state index contributed by atoms with van der Waals surface area (Å²) in [7, 11) is 0. The van der Waals surface area contributed by atoms with Crippen LogP contribution in [0, 0.1) is 0 Å². The summed E-state index contributed by atoms with van der Waals surface area (Å²) in [6.45, 7) is 8.24. The number of aromatic amines is 1. The molecule has 21 heavy (non-hydrogen) atoms. The maximum Gasteiger partial charge on any atom is 0.0924 e. The van der Waals surface area contributed by atoms with Crippen molar-refractivity contribution < 1.29 is 4.74 Å². The number of allylic oxidation sites excluding steroid dienone is 2. The van der Waals surface area contributed by atoms with Crippen LogP contribution in [0.3, 0.4) is 0 Å². The average Bonchev–Trinajstić information content (AvgIpc) is 3.00. The maximum absolute atomic E-state index is 5.91. The van der Waals surface area contributed by atoms with Gasteiger partial charge in [-0.3, -0.25) is 0 Å². The number of rotatable bonds is 7. The van der Waals surface area contributed by atoms with Gasteiger partial charge in [0.1, 0.15) is 0 Å². The fourth-order valence-electron chi connectivity index (χ4n) is 1.94. The van der Waals surface area contributed by atoms with E-state index in [4.69, 9.17) is 16.3 Å². The van der Waals surface area contributed by atoms with Crippen molar-refractivity contribution >= 4 is 11.6 Å². The lowest BCUT2D eigenvalue weighted by Gasteiger charge is -2.10. The van der Waals surface area contributed by atoms with Crippen LogP contribution in [0.1, 0.15) is 5.56 Å². The molecule has 0 saturated carbocycles. The van der Waals surface area contributed by atoms with Crippen molar-refractivity contribution in [2.24, 2.45) is 0 Å². The predicted molar refractivity (Wildman–Crippen MR) is 87.0 cm³/mol. The number of H-pyrrole nitrogens is 1. The summed E-state index contributed by atoms with van der Waals surface area (Å²) in [6, 6.07) is 8.04. The highest BCUT2D eigenvalue weighted by Crippen LogP contribution is 2.22. The average molecular weight is 301 g/mol. The van der Waals surface area contributed by atoms with Gasteiger partial charge in [-0.25, -0.2) is 4.98 Å². The van der Waals surface area contributed by atoms with Crippen molar-refractivity contribution in [2.45, 2.75) is 6.61 Å². The lowest BCUT2D eigenvalue weighted by molar-refractivity contribution is 0.144. The van der Waals surface area contributed by atoms with Crippen molar-refractivity contribution in [1.29, 1.82) is 0 Å². The Labute approximate surface area is 129 Å². The minimum Gasteiger partial charge on any atom is -0.372 e. The Morgan fingerprint density at radius 1 is 1.38 bits per heavy atom. The van der Waals surface area contributed by atoms with Crippen LogP contribution >= 0.6 is 11.6 Å². The second-order valence-corrected chi connectivity index (χ2v) is 4.90. The van der Waals surface area contributed by atoms with Crippen molar-refractivity contribution in [1.82, 2.24) is 9.97 Å². The number of aromatic nitrogens is 2. The Hall–Kier alpha value is -2.10. The van der Waals surface area contributed by atoms with E-state index in [0.717, 1.165) is 22.4 Å². The van der Waals surface area contributed by atoms with Crippen LogP contribution in [-0.2, 0) is 11.3 Å². The van der Waals surface area contributed by atoms with Crippen LogP contribution < -0.4 is 0 Å². The summed E-state index contributed by atoms with van der Waals surface area (Å²) in [6.07, 6.45) is 6.93. The molecule has 1 N–H and O–H groups in total. The van der Waals surface area contributed by atoms with E-state index in [-0.39, 0.29) is 0 Å². The van der Waals surface area contributed by atoms with E-state index in [0.29, 0.717) is 18.2 Å². The van der Waals surface area contributed by atoms with E-state index in [9.17, 15) is 0 Å². The Morgan fingerprint density at radius 3 is 2.86 bits per heavy atom. The van der Waals surface area contributed by atoms with Crippen LogP contribution in [0.2, 0.25) is 0 Å². The topological polar surface area (TPSA) is 37.9 Å². The third-order valence-corrected chi connectivity index (χ3v) is 3.23. The van der Waals surface area contributed by atoms with E-state index in [2.05, 4.69) is 23.1 Å². The van der Waals surface area contributed by atoms with Crippen LogP contribution in [0.15, 0.2) is 72.7 Å². The third kappa shape index (κ3) is 4.18. The molecular weight excluding hydrogens is 284 g/mol. The molecule has 1 aromatic carbocycles. The van der Waals surface area contributed by atoms with Gasteiger partial charge in [0, 0.05) is 10.6 Å². The van der Waals surface area contributed by atoms with Crippen molar-refractivity contribution in [3.8, 4) is 11.3 Å². The predicted octanol–water partition coefficient (Wildman–Crippen LogP) is 4.46. The normalized spacial score (nSPS) is 11.4. The standard InChI is InChI=1S/C17H17ClN2O/c1-3-6-14(13(2)18)10-21-11-15-7-4-5-8-16(15)17-9-19-12-20-17/h3-9,12H,1-2,10-11H2,(H,19,20)/b14-6-. The smallest absolute Gasteiger partial charge is 0.0924 e. The lowest BCUT2D eigenvalue weighted by atomic mass is 10.1. The van der Waals surface area contributed by atoms with Gasteiger partial charge in [0.25, 0.3) is 0 Å². The molecular formula is C17H17ClN2O. The fourth-order valence-corrected chi connectivity index (χ4v) is 2.06. The van der Waals surface area contributed by atoms with Crippen molar-refractivity contribution in [3.63, 3.8) is 0 Å². The summed E-state index contributed by atoms with van der Waals surface area (Å²) in [5.74, 6) is 0. The van der Waals surface area contributed by atoms with Gasteiger partial charge in [0.15, 0.2) is 0 Å². The lowest BCUT2D eigenvalue weighted by Crippen LogP contribution is -2.00. The maximum atomic E-state index is 5.91. The first-order valence-corrected chi connectivity index (χ1v) is 6.91. The molecule has 4 heteroatoms. The molecule has 2 rings (SSSR count). The quantitative estimate of drug-likeness (QED) is 0.767. The molecule has 0 aliphatic rings. The van der Waals surface area contributed by atoms with Gasteiger partial charge in [-0.2, -0.15) is 0 Å². The molecule has 0 unspecified atom stereocenters. The molecule has 3 nitrogen and oxygen atoms in total. The van der Waals surface area contributed by atoms with Crippen molar-refractivity contribution in [2.75, 3.05) is 6.61 Å². The van der Waals surface area contributed by atoms with E-state index in [1.807, 2.05) is 24.3 Å². The molecule has 0 aliphatic heterocycles. The number of hydrogen-bond acceptors (Lipinski definition) is 2. The zero-order valence-electron chi connectivity index (χ0n) is 11.7. The molecule has 0 aliphatic carbocycles. The monoisotopic (exact) mass is 300 g/mol. The molecule has 2 aromatic rings. The molecule has 0 bridgehead atoms. The fraction of sp³-hybridized carbons (Fsp3) is 0.118. The van der Waals surface area contributed by atoms with Gasteiger partial charge in [0.2, 0.25) is 0 Å². The molecule has 0 amide bonds. The summed E-state index contributed by atoms with van der Waals surface area (Å²) in [5.41, 5.74) is 3.96. The molecule has 0 radical (unpaired) electrons. The first kappa shape index (κ1) is 15.3. The number of benzene rings is 1. The summed E-state index contributed by atoms with van der Waals surface area (Å²) >= 11 is 5.91. The number of ether oxygens (including phenoxy) is 1. The summed E-state index contributed by atoms with van der Waals surface area (Å²) in [5, 5.41) is 0.469. The molecule has 1 heterocycles. The van der Waals surface area contributed by atoms with E-state index in [1.54, 1.807) is 24.7 Å². The van der Waals surface area contributed by atoms with Gasteiger partial charge < -0.3 is 9.72 Å². The Kier molecular flexibility index (Phi) is 5.55. The Morgan fingerprint density at radius 2 is 2.19 bits per heavy atom. The van der Waals surface area contributed by atoms with Gasteiger partial charge in [-0.05, 0) is 11.1 Å². The third-order valence-electron chi connectivity index (χ3n) is 2.99. The van der Waals surface area contributed by atoms with Gasteiger partial charge in [-0.1, -0.05) is 61.2 Å². The van der Waals surface area contributed by atoms with Crippen LogP contribution in [0.4, 0.5) is 0 Å². The molecule has 0 fully saturated rings. The van der Waals surface area contributed by atoms with Gasteiger partial charge >= 0.3 is 0 Å². The highest BCUT2D eigenvalue weighted by molar-refractivity contribution is 6.31. The van der Waals surface area contributed by atoms with Crippen molar-refractivity contribution in [3.05, 3.63) is 78.3 Å².